The van der Waals surface area contributed by atoms with Crippen LogP contribution in [0.3, 0.4) is 0 Å². The number of hydrogen-bond acceptors (Lipinski definition) is 2. The monoisotopic (exact) mass is 338 g/mol. The van der Waals surface area contributed by atoms with Gasteiger partial charge in [-0.2, -0.15) is 12.7 Å². The lowest BCUT2D eigenvalue weighted by Crippen LogP contribution is -2.33. The van der Waals surface area contributed by atoms with Crippen molar-refractivity contribution in [1.82, 2.24) is 4.31 Å². The first-order chi connectivity index (χ1) is 8.00. The second-order valence-electron chi connectivity index (χ2n) is 3.81. The van der Waals surface area contributed by atoms with E-state index in [4.69, 9.17) is 11.6 Å². The number of hydrogen-bond donors (Lipinski definition) is 1. The van der Waals surface area contributed by atoms with E-state index in [-0.39, 0.29) is 0 Å². The fourth-order valence-corrected chi connectivity index (χ4v) is 3.70. The van der Waals surface area contributed by atoms with Gasteiger partial charge in [-0.25, -0.2) is 0 Å². The van der Waals surface area contributed by atoms with E-state index >= 15 is 0 Å². The first-order valence-electron chi connectivity index (χ1n) is 5.22. The quantitative estimate of drug-likeness (QED) is 0.920. The van der Waals surface area contributed by atoms with Crippen LogP contribution in [-0.2, 0) is 10.2 Å². The van der Waals surface area contributed by atoms with E-state index in [9.17, 15) is 8.42 Å². The van der Waals surface area contributed by atoms with Crippen LogP contribution in [0.1, 0.15) is 12.8 Å². The molecule has 1 N–H and O–H groups in total. The van der Waals surface area contributed by atoms with Crippen LogP contribution in [0.25, 0.3) is 0 Å². The van der Waals surface area contributed by atoms with Gasteiger partial charge in [0.15, 0.2) is 0 Å². The van der Waals surface area contributed by atoms with Gasteiger partial charge in [0.05, 0.1) is 15.2 Å². The van der Waals surface area contributed by atoms with Gasteiger partial charge in [0.25, 0.3) is 0 Å². The Morgan fingerprint density at radius 1 is 1.29 bits per heavy atom. The van der Waals surface area contributed by atoms with E-state index in [0.717, 1.165) is 12.8 Å². The fourth-order valence-electron chi connectivity index (χ4n) is 1.71. The smallest absolute Gasteiger partial charge is 0.270 e. The predicted octanol–water partition coefficient (Wildman–Crippen LogP) is 2.86. The lowest BCUT2D eigenvalue weighted by atomic mass is 10.3. The first-order valence-corrected chi connectivity index (χ1v) is 7.84. The molecule has 1 fully saturated rings. The molecule has 0 aromatic heterocycles. The Balaban J connectivity index is 2.23. The zero-order valence-corrected chi connectivity index (χ0v) is 12.1. The van der Waals surface area contributed by atoms with Crippen molar-refractivity contribution in [3.05, 3.63) is 27.7 Å². The van der Waals surface area contributed by atoms with Crippen molar-refractivity contribution in [1.29, 1.82) is 0 Å². The van der Waals surface area contributed by atoms with Crippen molar-refractivity contribution in [3.63, 3.8) is 0 Å². The fraction of sp³-hybridized carbons (Fsp3) is 0.400. The van der Waals surface area contributed by atoms with Gasteiger partial charge in [-0.1, -0.05) is 17.7 Å². The minimum atomic E-state index is -3.46. The molecule has 0 aliphatic carbocycles. The van der Waals surface area contributed by atoms with E-state index in [1.807, 2.05) is 0 Å². The van der Waals surface area contributed by atoms with Crippen molar-refractivity contribution in [2.45, 2.75) is 12.8 Å². The number of anilines is 1. The molecule has 0 radical (unpaired) electrons. The summed E-state index contributed by atoms with van der Waals surface area (Å²) in [5.41, 5.74) is 0.462. The summed E-state index contributed by atoms with van der Waals surface area (Å²) in [6.45, 7) is 1.15. The highest BCUT2D eigenvalue weighted by atomic mass is 79.9. The van der Waals surface area contributed by atoms with Gasteiger partial charge in [-0.3, -0.25) is 4.72 Å². The van der Waals surface area contributed by atoms with Crippen LogP contribution in [0.4, 0.5) is 5.69 Å². The Bertz CT molecular complexity index is 515. The van der Waals surface area contributed by atoms with Crippen LogP contribution in [0.15, 0.2) is 22.7 Å². The molecule has 94 valence electrons. The molecule has 4 nitrogen and oxygen atoms in total. The molecule has 0 atom stereocenters. The van der Waals surface area contributed by atoms with Gasteiger partial charge >= 0.3 is 10.2 Å². The molecule has 0 amide bonds. The molecule has 0 spiro atoms. The summed E-state index contributed by atoms with van der Waals surface area (Å²) in [5, 5.41) is 0.478. The molecule has 7 heteroatoms. The highest BCUT2D eigenvalue weighted by Gasteiger charge is 2.25. The Kier molecular flexibility index (Phi) is 3.97. The van der Waals surface area contributed by atoms with Crippen LogP contribution in [0, 0.1) is 0 Å². The molecule has 2 rings (SSSR count). The molecule has 1 aromatic carbocycles. The van der Waals surface area contributed by atoms with Crippen LogP contribution >= 0.6 is 27.5 Å². The maximum atomic E-state index is 12.0. The third-order valence-corrected chi connectivity index (χ3v) is 5.52. The van der Waals surface area contributed by atoms with E-state index in [2.05, 4.69) is 20.7 Å². The standard InChI is InChI=1S/C10H12BrClN2O2S/c11-10-8(12)4-3-5-9(10)13-17(15,16)14-6-1-2-7-14/h3-5,13H,1-2,6-7H2. The average Bonchev–Trinajstić information content (AvgIpc) is 2.78. The molecular formula is C10H12BrClN2O2S. The van der Waals surface area contributed by atoms with Crippen molar-refractivity contribution in [2.24, 2.45) is 0 Å². The van der Waals surface area contributed by atoms with Crippen LogP contribution in [-0.4, -0.2) is 25.8 Å². The van der Waals surface area contributed by atoms with Crippen molar-refractivity contribution >= 4 is 43.4 Å². The number of nitrogens with one attached hydrogen (secondary N) is 1. The van der Waals surface area contributed by atoms with Gasteiger partial charge in [0, 0.05) is 13.1 Å². The number of benzene rings is 1. The summed E-state index contributed by atoms with van der Waals surface area (Å²) in [6.07, 6.45) is 1.83. The Labute approximate surface area is 114 Å². The van der Waals surface area contributed by atoms with Crippen molar-refractivity contribution < 1.29 is 8.42 Å². The van der Waals surface area contributed by atoms with Crippen molar-refractivity contribution in [3.8, 4) is 0 Å². The zero-order chi connectivity index (χ0) is 12.5. The minimum Gasteiger partial charge on any atom is -0.270 e. The molecule has 1 aromatic rings. The van der Waals surface area contributed by atoms with E-state index in [1.54, 1.807) is 18.2 Å². The minimum absolute atomic E-state index is 0.462. The maximum Gasteiger partial charge on any atom is 0.301 e. The van der Waals surface area contributed by atoms with Crippen molar-refractivity contribution in [2.75, 3.05) is 17.8 Å². The lowest BCUT2D eigenvalue weighted by Gasteiger charge is -2.17. The summed E-state index contributed by atoms with van der Waals surface area (Å²) >= 11 is 9.17. The van der Waals surface area contributed by atoms with Gasteiger partial charge in [0.1, 0.15) is 0 Å². The Hall–Kier alpha value is -0.300. The van der Waals surface area contributed by atoms with Gasteiger partial charge < -0.3 is 0 Å². The molecule has 1 aliphatic rings. The maximum absolute atomic E-state index is 12.0. The van der Waals surface area contributed by atoms with Gasteiger partial charge in [-0.15, -0.1) is 0 Å². The zero-order valence-electron chi connectivity index (χ0n) is 8.99. The second kappa shape index (κ2) is 5.14. The number of nitrogens with zero attached hydrogens (tertiary/aromatic N) is 1. The molecule has 17 heavy (non-hydrogen) atoms. The number of rotatable bonds is 3. The van der Waals surface area contributed by atoms with Crippen LogP contribution in [0.2, 0.25) is 5.02 Å². The third-order valence-electron chi connectivity index (χ3n) is 2.60. The van der Waals surface area contributed by atoms with Gasteiger partial charge in [-0.05, 0) is 40.9 Å². The largest absolute Gasteiger partial charge is 0.301 e. The summed E-state index contributed by atoms with van der Waals surface area (Å²) in [5.74, 6) is 0. The van der Waals surface area contributed by atoms with E-state index in [1.165, 1.54) is 4.31 Å². The average molecular weight is 340 g/mol. The summed E-state index contributed by atoms with van der Waals surface area (Å²) in [6, 6.07) is 5.07. The second-order valence-corrected chi connectivity index (χ2v) is 6.69. The normalized spacial score (nSPS) is 17.3. The topological polar surface area (TPSA) is 49.4 Å². The summed E-state index contributed by atoms with van der Waals surface area (Å²) in [7, 11) is -3.46. The van der Waals surface area contributed by atoms with Crippen LogP contribution < -0.4 is 4.72 Å². The SMILES string of the molecule is O=S(=O)(Nc1cccc(Cl)c1Br)N1CCCC1. The molecule has 1 saturated heterocycles. The summed E-state index contributed by atoms with van der Waals surface area (Å²) < 4.78 is 28.6. The highest BCUT2D eigenvalue weighted by Crippen LogP contribution is 2.31. The molecule has 1 heterocycles. The Morgan fingerprint density at radius 2 is 1.94 bits per heavy atom. The molecule has 0 bridgehead atoms. The van der Waals surface area contributed by atoms with E-state index in [0.29, 0.717) is 28.3 Å². The third kappa shape index (κ3) is 2.93. The van der Waals surface area contributed by atoms with E-state index < -0.39 is 10.2 Å². The summed E-state index contributed by atoms with van der Waals surface area (Å²) in [4.78, 5) is 0. The Morgan fingerprint density at radius 3 is 2.59 bits per heavy atom. The van der Waals surface area contributed by atoms with Crippen LogP contribution in [0.5, 0.6) is 0 Å². The molecule has 0 saturated carbocycles. The lowest BCUT2D eigenvalue weighted by molar-refractivity contribution is 0.482. The molecule has 1 aliphatic heterocycles. The van der Waals surface area contributed by atoms with Gasteiger partial charge in [0.2, 0.25) is 0 Å². The highest BCUT2D eigenvalue weighted by molar-refractivity contribution is 9.10. The molecule has 0 unspecified atom stereocenters. The number of halogens is 2. The first kappa shape index (κ1) is 13.1. The predicted molar refractivity (Wildman–Crippen MR) is 72.5 cm³/mol. The molecular weight excluding hydrogens is 328 g/mol.